The number of anilines is 1. The van der Waals surface area contributed by atoms with Crippen molar-refractivity contribution in [3.05, 3.63) is 41.9 Å². The van der Waals surface area contributed by atoms with Crippen LogP contribution in [0.3, 0.4) is 0 Å². The highest BCUT2D eigenvalue weighted by atomic mass is 19.1. The second-order valence-electron chi connectivity index (χ2n) is 5.34. The third-order valence-corrected chi connectivity index (χ3v) is 3.78. The minimum atomic E-state index is -0.962. The molecule has 1 aliphatic rings. The molecule has 3 heterocycles. The van der Waals surface area contributed by atoms with Gasteiger partial charge in [-0.25, -0.2) is 4.39 Å². The van der Waals surface area contributed by atoms with Crippen molar-refractivity contribution < 1.29 is 9.18 Å². The number of aromatic amines is 1. The molecule has 23 heavy (non-hydrogen) atoms. The fourth-order valence-corrected chi connectivity index (χ4v) is 2.68. The van der Waals surface area contributed by atoms with Crippen LogP contribution in [0.5, 0.6) is 0 Å². The fraction of sp³-hybridized carbons (Fsp3) is 0.333. The number of carbonyl (C=O) groups is 1. The van der Waals surface area contributed by atoms with E-state index in [1.165, 1.54) is 12.3 Å². The Hall–Kier alpha value is -2.95. The fourth-order valence-electron chi connectivity index (χ4n) is 2.68. The van der Waals surface area contributed by atoms with Crippen molar-refractivity contribution in [2.75, 3.05) is 18.0 Å². The lowest BCUT2D eigenvalue weighted by molar-refractivity contribution is 0.0951. The molecule has 1 aliphatic heterocycles. The average molecular weight is 314 g/mol. The van der Waals surface area contributed by atoms with Crippen LogP contribution in [0.2, 0.25) is 0 Å². The normalized spacial score (nSPS) is 20.3. The molecule has 1 amide bonds. The molecule has 2 N–H and O–H groups in total. The van der Waals surface area contributed by atoms with Crippen molar-refractivity contribution in [2.24, 2.45) is 0 Å². The molecule has 0 unspecified atom stereocenters. The number of alkyl halides is 1. The molecule has 1 saturated heterocycles. The van der Waals surface area contributed by atoms with Gasteiger partial charge < -0.3 is 15.2 Å². The van der Waals surface area contributed by atoms with Crippen molar-refractivity contribution in [2.45, 2.75) is 18.6 Å². The van der Waals surface area contributed by atoms with Gasteiger partial charge in [0, 0.05) is 25.4 Å². The standard InChI is InChI=1S/C15H15FN6O/c16-11-5-13(22(9-11)14-2-1-3-20-21-14)8-19-15(23)10-4-12(6-17)18-7-10/h1-4,7,11,13,18H,5,8-9H2,(H,19,23)/t11-,13-/m0/s1. The molecule has 0 aliphatic carbocycles. The number of amides is 1. The summed E-state index contributed by atoms with van der Waals surface area (Å²) in [7, 11) is 0. The number of hydrogen-bond acceptors (Lipinski definition) is 5. The van der Waals surface area contributed by atoms with Crippen LogP contribution < -0.4 is 10.2 Å². The molecule has 2 atom stereocenters. The Balaban J connectivity index is 1.64. The molecule has 1 fully saturated rings. The lowest BCUT2D eigenvalue weighted by Gasteiger charge is -2.24. The summed E-state index contributed by atoms with van der Waals surface area (Å²) >= 11 is 0. The van der Waals surface area contributed by atoms with Crippen LogP contribution >= 0.6 is 0 Å². The summed E-state index contributed by atoms with van der Waals surface area (Å²) in [6.45, 7) is 0.533. The van der Waals surface area contributed by atoms with E-state index in [2.05, 4.69) is 20.5 Å². The molecule has 3 rings (SSSR count). The first-order valence-corrected chi connectivity index (χ1v) is 7.22. The number of halogens is 1. The van der Waals surface area contributed by atoms with E-state index in [1.54, 1.807) is 18.3 Å². The summed E-state index contributed by atoms with van der Waals surface area (Å²) < 4.78 is 13.8. The van der Waals surface area contributed by atoms with Gasteiger partial charge in [-0.1, -0.05) is 0 Å². The predicted octanol–water partition coefficient (Wildman–Crippen LogP) is 1.02. The van der Waals surface area contributed by atoms with E-state index >= 15 is 0 Å². The largest absolute Gasteiger partial charge is 0.352 e. The van der Waals surface area contributed by atoms with Crippen LogP contribution in [0, 0.1) is 11.3 Å². The zero-order valence-electron chi connectivity index (χ0n) is 12.2. The van der Waals surface area contributed by atoms with E-state index in [0.29, 0.717) is 30.0 Å². The summed E-state index contributed by atoms with van der Waals surface area (Å²) in [5.74, 6) is 0.296. The Kier molecular flexibility index (Phi) is 4.19. The highest BCUT2D eigenvalue weighted by Gasteiger charge is 2.33. The third kappa shape index (κ3) is 3.29. The molecule has 0 aromatic carbocycles. The van der Waals surface area contributed by atoms with Crippen molar-refractivity contribution in [1.29, 1.82) is 5.26 Å². The molecule has 2 aromatic rings. The minimum Gasteiger partial charge on any atom is -0.352 e. The molecule has 0 radical (unpaired) electrons. The van der Waals surface area contributed by atoms with Gasteiger partial charge >= 0.3 is 0 Å². The highest BCUT2D eigenvalue weighted by molar-refractivity contribution is 5.94. The summed E-state index contributed by atoms with van der Waals surface area (Å²) in [5, 5.41) is 19.3. The first-order valence-electron chi connectivity index (χ1n) is 7.22. The number of H-pyrrole nitrogens is 1. The Morgan fingerprint density at radius 2 is 2.48 bits per heavy atom. The Morgan fingerprint density at radius 3 is 3.17 bits per heavy atom. The third-order valence-electron chi connectivity index (χ3n) is 3.78. The number of hydrogen-bond donors (Lipinski definition) is 2. The number of nitriles is 1. The van der Waals surface area contributed by atoms with E-state index in [0.717, 1.165) is 0 Å². The first-order chi connectivity index (χ1) is 11.2. The molecule has 2 aromatic heterocycles. The van der Waals surface area contributed by atoms with Crippen LogP contribution in [0.4, 0.5) is 10.2 Å². The van der Waals surface area contributed by atoms with Gasteiger partial charge in [0.05, 0.1) is 18.2 Å². The van der Waals surface area contributed by atoms with Gasteiger partial charge in [-0.05, 0) is 18.2 Å². The highest BCUT2D eigenvalue weighted by Crippen LogP contribution is 2.24. The molecule has 7 nitrogen and oxygen atoms in total. The van der Waals surface area contributed by atoms with Crippen LogP contribution in [-0.4, -0.2) is 46.4 Å². The number of nitrogens with zero attached hydrogens (tertiary/aromatic N) is 4. The lowest BCUT2D eigenvalue weighted by Crippen LogP contribution is -2.40. The van der Waals surface area contributed by atoms with Crippen molar-refractivity contribution >= 4 is 11.7 Å². The van der Waals surface area contributed by atoms with Crippen molar-refractivity contribution in [1.82, 2.24) is 20.5 Å². The molecular formula is C15H15FN6O. The van der Waals surface area contributed by atoms with Gasteiger partial charge in [0.1, 0.15) is 17.9 Å². The van der Waals surface area contributed by atoms with Gasteiger partial charge in [-0.15, -0.1) is 5.10 Å². The van der Waals surface area contributed by atoms with Crippen LogP contribution in [0.25, 0.3) is 0 Å². The van der Waals surface area contributed by atoms with Crippen molar-refractivity contribution in [3.8, 4) is 6.07 Å². The van der Waals surface area contributed by atoms with Crippen LogP contribution in [-0.2, 0) is 0 Å². The van der Waals surface area contributed by atoms with Gasteiger partial charge in [-0.2, -0.15) is 10.4 Å². The lowest BCUT2D eigenvalue weighted by atomic mass is 10.2. The quantitative estimate of drug-likeness (QED) is 0.878. The van der Waals surface area contributed by atoms with Gasteiger partial charge in [0.2, 0.25) is 0 Å². The number of carbonyl (C=O) groups excluding carboxylic acids is 1. The summed E-state index contributed by atoms with van der Waals surface area (Å²) in [6, 6.07) is 6.73. The molecule has 8 heteroatoms. The Morgan fingerprint density at radius 1 is 1.61 bits per heavy atom. The first kappa shape index (κ1) is 15.0. The maximum absolute atomic E-state index is 13.8. The topological polar surface area (TPSA) is 97.7 Å². The molecule has 0 saturated carbocycles. The van der Waals surface area contributed by atoms with Crippen molar-refractivity contribution in [3.63, 3.8) is 0 Å². The smallest absolute Gasteiger partial charge is 0.252 e. The van der Waals surface area contributed by atoms with E-state index in [4.69, 9.17) is 5.26 Å². The summed E-state index contributed by atoms with van der Waals surface area (Å²) in [4.78, 5) is 16.6. The molecule has 0 spiro atoms. The second kappa shape index (κ2) is 6.44. The second-order valence-corrected chi connectivity index (χ2v) is 5.34. The summed E-state index contributed by atoms with van der Waals surface area (Å²) in [6.07, 6.45) is 2.40. The van der Waals surface area contributed by atoms with E-state index < -0.39 is 6.17 Å². The maximum Gasteiger partial charge on any atom is 0.252 e. The van der Waals surface area contributed by atoms with Gasteiger partial charge in [0.25, 0.3) is 5.91 Å². The minimum absolute atomic E-state index is 0.181. The summed E-state index contributed by atoms with van der Waals surface area (Å²) in [5.41, 5.74) is 0.698. The Bertz CT molecular complexity index is 725. The zero-order valence-corrected chi connectivity index (χ0v) is 12.2. The monoisotopic (exact) mass is 314 g/mol. The van der Waals surface area contributed by atoms with Crippen LogP contribution in [0.1, 0.15) is 22.5 Å². The van der Waals surface area contributed by atoms with Crippen LogP contribution in [0.15, 0.2) is 30.6 Å². The maximum atomic E-state index is 13.8. The number of rotatable bonds is 4. The zero-order chi connectivity index (χ0) is 16.2. The molecule has 118 valence electrons. The van der Waals surface area contributed by atoms with E-state index in [9.17, 15) is 9.18 Å². The number of aromatic nitrogens is 3. The van der Waals surface area contributed by atoms with E-state index in [1.807, 2.05) is 11.0 Å². The average Bonchev–Trinajstić information content (AvgIpc) is 3.20. The van der Waals surface area contributed by atoms with E-state index in [-0.39, 0.29) is 18.5 Å². The SMILES string of the molecule is N#Cc1cc(C(=O)NC[C@@H]2C[C@H](F)CN2c2cccnn2)c[nH]1. The van der Waals surface area contributed by atoms with Gasteiger partial charge in [0.15, 0.2) is 5.82 Å². The van der Waals surface area contributed by atoms with Gasteiger partial charge in [-0.3, -0.25) is 4.79 Å². The Labute approximate surface area is 132 Å². The molecule has 0 bridgehead atoms. The predicted molar refractivity (Wildman–Crippen MR) is 80.5 cm³/mol. The number of nitrogens with one attached hydrogen (secondary N) is 2. The molecular weight excluding hydrogens is 299 g/mol.